The van der Waals surface area contributed by atoms with Gasteiger partial charge in [0.25, 0.3) is 0 Å². The van der Waals surface area contributed by atoms with E-state index in [-0.39, 0.29) is 19.8 Å². The SMILES string of the molecule is Cc1ccc2c(c1)c1c(n2CCc2ccc(C)nc2)CC[N+](C)(COC(=O)NC(Cc2c[nH]c3ccccc23)C(=O)OCc2ccccc2)C1. The molecule has 0 saturated heterocycles. The van der Waals surface area contributed by atoms with Crippen molar-refractivity contribution in [3.05, 3.63) is 137 Å². The smallest absolute Gasteiger partial charge is 0.412 e. The molecule has 1 aliphatic heterocycles. The van der Waals surface area contributed by atoms with Crippen LogP contribution in [-0.4, -0.2) is 57.4 Å². The summed E-state index contributed by atoms with van der Waals surface area (Å²) in [5, 5.41) is 5.10. The minimum Gasteiger partial charge on any atom is -0.459 e. The summed E-state index contributed by atoms with van der Waals surface area (Å²) >= 11 is 0. The molecule has 0 spiro atoms. The first kappa shape index (κ1) is 33.1. The van der Waals surface area contributed by atoms with Gasteiger partial charge < -0.3 is 24.3 Å². The lowest BCUT2D eigenvalue weighted by molar-refractivity contribution is -0.940. The zero-order valence-electron chi connectivity index (χ0n) is 28.9. The first-order chi connectivity index (χ1) is 24.2. The van der Waals surface area contributed by atoms with Crippen LogP contribution in [0.5, 0.6) is 0 Å². The molecule has 0 radical (unpaired) electrons. The lowest BCUT2D eigenvalue weighted by atomic mass is 10.0. The van der Waals surface area contributed by atoms with Crippen LogP contribution in [0.3, 0.4) is 0 Å². The van der Waals surface area contributed by atoms with E-state index < -0.39 is 18.1 Å². The molecule has 2 unspecified atom stereocenters. The number of hydrogen-bond donors (Lipinski definition) is 2. The van der Waals surface area contributed by atoms with Gasteiger partial charge in [0.15, 0.2) is 0 Å². The van der Waals surface area contributed by atoms with E-state index in [1.807, 2.05) is 73.9 Å². The maximum Gasteiger partial charge on any atom is 0.412 e. The van der Waals surface area contributed by atoms with Gasteiger partial charge in [0, 0.05) is 70.5 Å². The Morgan fingerprint density at radius 2 is 1.78 bits per heavy atom. The van der Waals surface area contributed by atoms with Gasteiger partial charge in [-0.25, -0.2) is 9.59 Å². The summed E-state index contributed by atoms with van der Waals surface area (Å²) in [6, 6.07) is 27.4. The molecule has 9 heteroatoms. The minimum atomic E-state index is -0.923. The highest BCUT2D eigenvalue weighted by Crippen LogP contribution is 2.34. The molecule has 0 saturated carbocycles. The minimum absolute atomic E-state index is 0.118. The number of carbonyl (C=O) groups excluding carboxylic acids is 2. The second kappa shape index (κ2) is 14.2. The number of likely N-dealkylation sites (N-methyl/N-ethyl adjacent to an activating group) is 1. The molecule has 1 aliphatic rings. The van der Waals surface area contributed by atoms with Gasteiger partial charge in [-0.05, 0) is 61.2 Å². The van der Waals surface area contributed by atoms with Crippen LogP contribution in [0.2, 0.25) is 0 Å². The van der Waals surface area contributed by atoms with Crippen molar-refractivity contribution in [2.75, 3.05) is 20.3 Å². The maximum atomic E-state index is 13.4. The van der Waals surface area contributed by atoms with Crippen molar-refractivity contribution in [2.24, 2.45) is 0 Å². The summed E-state index contributed by atoms with van der Waals surface area (Å²) in [6.07, 6.45) is 5.25. The van der Waals surface area contributed by atoms with E-state index in [2.05, 4.69) is 64.2 Å². The predicted molar refractivity (Wildman–Crippen MR) is 194 cm³/mol. The van der Waals surface area contributed by atoms with Crippen LogP contribution in [-0.2, 0) is 53.2 Å². The number of aromatic nitrogens is 3. The number of amides is 1. The average Bonchev–Trinajstić information content (AvgIpc) is 3.67. The monoisotopic (exact) mass is 670 g/mol. The van der Waals surface area contributed by atoms with Crippen LogP contribution in [0.15, 0.2) is 97.3 Å². The van der Waals surface area contributed by atoms with Crippen LogP contribution < -0.4 is 5.32 Å². The molecule has 0 aliphatic carbocycles. The molecular formula is C41H44N5O4+. The molecule has 2 atom stereocenters. The highest BCUT2D eigenvalue weighted by Gasteiger charge is 2.35. The van der Waals surface area contributed by atoms with Gasteiger partial charge in [-0.1, -0.05) is 66.2 Å². The number of fused-ring (bicyclic) bond motifs is 4. The molecule has 256 valence electrons. The topological polar surface area (TPSA) is 98.2 Å². The Kier molecular flexibility index (Phi) is 9.41. The van der Waals surface area contributed by atoms with Crippen LogP contribution in [0, 0.1) is 13.8 Å². The molecule has 0 bridgehead atoms. The fourth-order valence-electron chi connectivity index (χ4n) is 7.08. The van der Waals surface area contributed by atoms with E-state index in [4.69, 9.17) is 9.47 Å². The van der Waals surface area contributed by atoms with Gasteiger partial charge in [-0.15, -0.1) is 0 Å². The Bertz CT molecular complexity index is 2140. The first-order valence-corrected chi connectivity index (χ1v) is 17.3. The fraction of sp³-hybridized carbons (Fsp3) is 0.293. The molecule has 3 aromatic heterocycles. The number of benzene rings is 3. The zero-order valence-corrected chi connectivity index (χ0v) is 28.9. The van der Waals surface area contributed by atoms with Crippen molar-refractivity contribution in [1.82, 2.24) is 19.9 Å². The van der Waals surface area contributed by atoms with Crippen molar-refractivity contribution in [3.63, 3.8) is 0 Å². The van der Waals surface area contributed by atoms with Gasteiger partial charge in [0.2, 0.25) is 6.73 Å². The summed E-state index contributed by atoms with van der Waals surface area (Å²) < 4.78 is 14.6. The molecule has 0 fully saturated rings. The summed E-state index contributed by atoms with van der Waals surface area (Å²) in [7, 11) is 2.13. The average molecular weight is 671 g/mol. The Hall–Kier alpha value is -5.41. The van der Waals surface area contributed by atoms with E-state index in [0.717, 1.165) is 60.2 Å². The van der Waals surface area contributed by atoms with E-state index in [0.29, 0.717) is 4.48 Å². The molecule has 9 nitrogen and oxygen atoms in total. The van der Waals surface area contributed by atoms with Crippen LogP contribution in [0.25, 0.3) is 21.8 Å². The number of nitrogens with zero attached hydrogens (tertiary/aromatic N) is 3. The number of aromatic amines is 1. The lowest BCUT2D eigenvalue weighted by Gasteiger charge is -2.37. The molecule has 7 rings (SSSR count). The van der Waals surface area contributed by atoms with E-state index >= 15 is 0 Å². The fourth-order valence-corrected chi connectivity index (χ4v) is 7.08. The number of rotatable bonds is 11. The molecular weight excluding hydrogens is 626 g/mol. The third kappa shape index (κ3) is 7.28. The van der Waals surface area contributed by atoms with Crippen LogP contribution in [0.1, 0.15) is 39.2 Å². The normalized spacial score (nSPS) is 16.2. The standard InChI is InChI=1S/C41H43N5O4/c1-28-13-16-38-34(21-28)35-25-46(3,20-18-39(35)45(38)19-17-30-15-14-29(2)42-23-30)27-50-41(48)44-37(40(47)49-26-31-9-5-4-6-10-31)22-32-24-43-36-12-8-7-11-33(32)36/h4-16,21,23-24,37,43H,17-20,22,25-27H2,1-3H3/p+1. The summed E-state index contributed by atoms with van der Waals surface area (Å²) in [5.74, 6) is -0.510. The van der Waals surface area contributed by atoms with Gasteiger partial charge in [-0.2, -0.15) is 0 Å². The van der Waals surface area contributed by atoms with Crippen molar-refractivity contribution in [1.29, 1.82) is 0 Å². The van der Waals surface area contributed by atoms with Gasteiger partial charge >= 0.3 is 12.1 Å². The Labute approximate surface area is 292 Å². The third-order valence-electron chi connectivity index (χ3n) is 9.87. The lowest BCUT2D eigenvalue weighted by Crippen LogP contribution is -2.51. The zero-order chi connectivity index (χ0) is 34.7. The number of nitrogens with one attached hydrogen (secondary N) is 2. The third-order valence-corrected chi connectivity index (χ3v) is 9.87. The number of alkyl carbamates (subject to hydrolysis) is 1. The molecule has 1 amide bonds. The second-order valence-electron chi connectivity index (χ2n) is 13.8. The number of carbonyl (C=O) groups is 2. The summed E-state index contributed by atoms with van der Waals surface area (Å²) in [6.45, 7) is 6.86. The van der Waals surface area contributed by atoms with Crippen LogP contribution in [0.4, 0.5) is 4.79 Å². The van der Waals surface area contributed by atoms with Crippen molar-refractivity contribution < 1.29 is 23.5 Å². The molecule has 50 heavy (non-hydrogen) atoms. The maximum absolute atomic E-state index is 13.4. The van der Waals surface area contributed by atoms with Gasteiger partial charge in [0.05, 0.1) is 13.6 Å². The quantitative estimate of drug-likeness (QED) is 0.115. The Morgan fingerprint density at radius 3 is 2.60 bits per heavy atom. The number of quaternary nitrogens is 1. The van der Waals surface area contributed by atoms with E-state index in [1.54, 1.807) is 0 Å². The second-order valence-corrected chi connectivity index (χ2v) is 13.8. The number of ether oxygens (including phenoxy) is 2. The summed E-state index contributed by atoms with van der Waals surface area (Å²) in [5.41, 5.74) is 10.1. The van der Waals surface area contributed by atoms with Crippen LogP contribution >= 0.6 is 0 Å². The van der Waals surface area contributed by atoms with Gasteiger partial charge in [-0.3, -0.25) is 9.47 Å². The number of hydrogen-bond acceptors (Lipinski definition) is 5. The molecule has 6 aromatic rings. The Balaban J connectivity index is 1.05. The predicted octanol–water partition coefficient (Wildman–Crippen LogP) is 6.92. The molecule has 2 N–H and O–H groups in total. The van der Waals surface area contributed by atoms with E-state index in [9.17, 15) is 9.59 Å². The highest BCUT2D eigenvalue weighted by molar-refractivity contribution is 5.87. The van der Waals surface area contributed by atoms with Crippen molar-refractivity contribution in [2.45, 2.75) is 58.8 Å². The van der Waals surface area contributed by atoms with Gasteiger partial charge in [0.1, 0.15) is 19.2 Å². The van der Waals surface area contributed by atoms with Crippen molar-refractivity contribution >= 4 is 33.9 Å². The Morgan fingerprint density at radius 1 is 0.960 bits per heavy atom. The summed E-state index contributed by atoms with van der Waals surface area (Å²) in [4.78, 5) is 34.6. The number of pyridine rings is 1. The number of H-pyrrole nitrogens is 1. The number of aryl methyl sites for hydroxylation is 4. The molecule has 4 heterocycles. The van der Waals surface area contributed by atoms with Crippen molar-refractivity contribution in [3.8, 4) is 0 Å². The highest BCUT2D eigenvalue weighted by atomic mass is 16.6. The largest absolute Gasteiger partial charge is 0.459 e. The molecule has 3 aromatic carbocycles. The number of para-hydroxylation sites is 1. The number of esters is 1. The first-order valence-electron chi connectivity index (χ1n) is 17.3. The van der Waals surface area contributed by atoms with E-state index in [1.165, 1.54) is 33.3 Å².